The third kappa shape index (κ3) is 1.44. The summed E-state index contributed by atoms with van der Waals surface area (Å²) in [6, 6.07) is 0. The first-order valence-corrected chi connectivity index (χ1v) is 4.23. The molecule has 3 atom stereocenters. The smallest absolute Gasteiger partial charge is 0.217 e. The van der Waals surface area contributed by atoms with Crippen LogP contribution in [0.25, 0.3) is 0 Å². The number of hydrogen-bond acceptors (Lipinski definition) is 3. The van der Waals surface area contributed by atoms with Gasteiger partial charge >= 0.3 is 0 Å². The van der Waals surface area contributed by atoms with Gasteiger partial charge in [0.2, 0.25) is 5.91 Å². The van der Waals surface area contributed by atoms with Crippen molar-refractivity contribution in [2.45, 2.75) is 6.42 Å². The quantitative estimate of drug-likeness (QED) is 0.622. The van der Waals surface area contributed by atoms with E-state index in [1.165, 1.54) is 0 Å². The largest absolute Gasteiger partial charge is 0.370 e. The number of rotatable bonds is 2. The SMILES string of the molecule is NC(=O)CC1[C@H]2COCOC[C@@H]12. The highest BCUT2D eigenvalue weighted by Crippen LogP contribution is 2.49. The average molecular weight is 171 g/mol. The van der Waals surface area contributed by atoms with Gasteiger partial charge in [-0.3, -0.25) is 4.79 Å². The van der Waals surface area contributed by atoms with Crippen molar-refractivity contribution >= 4 is 5.91 Å². The van der Waals surface area contributed by atoms with Crippen LogP contribution in [0.4, 0.5) is 0 Å². The number of carbonyl (C=O) groups is 1. The summed E-state index contributed by atoms with van der Waals surface area (Å²) in [5.74, 6) is 1.23. The minimum Gasteiger partial charge on any atom is -0.370 e. The molecular formula is C8H13NO3. The minimum absolute atomic E-state index is 0.215. The Labute approximate surface area is 71.0 Å². The second kappa shape index (κ2) is 3.03. The Kier molecular flexibility index (Phi) is 2.02. The van der Waals surface area contributed by atoms with Crippen LogP contribution in [0.3, 0.4) is 0 Å². The molecule has 68 valence electrons. The molecule has 1 saturated heterocycles. The van der Waals surface area contributed by atoms with Crippen molar-refractivity contribution in [2.75, 3.05) is 20.0 Å². The normalized spacial score (nSPS) is 39.8. The molecule has 2 aliphatic rings. The van der Waals surface area contributed by atoms with Gasteiger partial charge in [0.05, 0.1) is 13.2 Å². The van der Waals surface area contributed by atoms with E-state index in [1.807, 2.05) is 0 Å². The molecule has 1 amide bonds. The standard InChI is InChI=1S/C8H13NO3/c9-8(10)1-5-6-2-11-4-12-3-7(5)6/h5-7H,1-4H2,(H2,9,10)/t5?,6-,7+. The van der Waals surface area contributed by atoms with Gasteiger partial charge in [0.1, 0.15) is 6.79 Å². The van der Waals surface area contributed by atoms with Gasteiger partial charge in [0.15, 0.2) is 0 Å². The highest BCUT2D eigenvalue weighted by atomic mass is 16.7. The Morgan fingerprint density at radius 1 is 1.33 bits per heavy atom. The van der Waals surface area contributed by atoms with E-state index in [0.717, 1.165) is 13.2 Å². The molecule has 0 aromatic heterocycles. The Morgan fingerprint density at radius 2 is 1.92 bits per heavy atom. The second-order valence-electron chi connectivity index (χ2n) is 3.52. The Balaban J connectivity index is 1.85. The molecule has 1 saturated carbocycles. The predicted octanol–water partition coefficient (Wildman–Crippen LogP) is -0.272. The fourth-order valence-corrected chi connectivity index (χ4v) is 1.98. The molecular weight excluding hydrogens is 158 g/mol. The van der Waals surface area contributed by atoms with E-state index in [-0.39, 0.29) is 5.91 Å². The summed E-state index contributed by atoms with van der Waals surface area (Å²) in [4.78, 5) is 10.6. The summed E-state index contributed by atoms with van der Waals surface area (Å²) in [6.45, 7) is 1.85. The van der Waals surface area contributed by atoms with E-state index in [1.54, 1.807) is 0 Å². The zero-order valence-electron chi connectivity index (χ0n) is 6.86. The van der Waals surface area contributed by atoms with Gasteiger partial charge in [-0.25, -0.2) is 0 Å². The van der Waals surface area contributed by atoms with Gasteiger partial charge in [-0.15, -0.1) is 0 Å². The molecule has 4 nitrogen and oxygen atoms in total. The number of amides is 1. The lowest BCUT2D eigenvalue weighted by Crippen LogP contribution is -2.13. The fraction of sp³-hybridized carbons (Fsp3) is 0.875. The number of nitrogens with two attached hydrogens (primary N) is 1. The Bertz CT molecular complexity index is 183. The monoisotopic (exact) mass is 171 g/mol. The molecule has 0 bridgehead atoms. The molecule has 12 heavy (non-hydrogen) atoms. The van der Waals surface area contributed by atoms with Gasteiger partial charge in [-0.2, -0.15) is 0 Å². The van der Waals surface area contributed by atoms with Crippen LogP contribution in [0, 0.1) is 17.8 Å². The van der Waals surface area contributed by atoms with Gasteiger partial charge in [0, 0.05) is 6.42 Å². The minimum atomic E-state index is -0.215. The zero-order chi connectivity index (χ0) is 8.55. The van der Waals surface area contributed by atoms with Crippen molar-refractivity contribution in [1.29, 1.82) is 0 Å². The number of fused-ring (bicyclic) bond motifs is 1. The average Bonchev–Trinajstić information content (AvgIpc) is 2.66. The van der Waals surface area contributed by atoms with E-state index < -0.39 is 0 Å². The molecule has 1 heterocycles. The third-order valence-corrected chi connectivity index (χ3v) is 2.73. The van der Waals surface area contributed by atoms with Crippen LogP contribution >= 0.6 is 0 Å². The molecule has 4 heteroatoms. The van der Waals surface area contributed by atoms with Crippen molar-refractivity contribution in [1.82, 2.24) is 0 Å². The fourth-order valence-electron chi connectivity index (χ4n) is 1.98. The topological polar surface area (TPSA) is 61.6 Å². The lowest BCUT2D eigenvalue weighted by Gasteiger charge is -2.02. The van der Waals surface area contributed by atoms with Crippen LogP contribution in [-0.4, -0.2) is 25.9 Å². The van der Waals surface area contributed by atoms with Crippen LogP contribution in [0.15, 0.2) is 0 Å². The number of ether oxygens (including phenoxy) is 2. The number of hydrogen-bond donors (Lipinski definition) is 1. The maximum absolute atomic E-state index is 10.6. The molecule has 0 aromatic carbocycles. The maximum Gasteiger partial charge on any atom is 0.217 e. The number of carbonyl (C=O) groups excluding carboxylic acids is 1. The summed E-state index contributed by atoms with van der Waals surface area (Å²) >= 11 is 0. The molecule has 0 aromatic rings. The molecule has 2 N–H and O–H groups in total. The van der Waals surface area contributed by atoms with Gasteiger partial charge in [-0.1, -0.05) is 0 Å². The maximum atomic E-state index is 10.6. The van der Waals surface area contributed by atoms with Crippen molar-refractivity contribution in [3.63, 3.8) is 0 Å². The molecule has 0 spiro atoms. The van der Waals surface area contributed by atoms with Crippen molar-refractivity contribution in [2.24, 2.45) is 23.5 Å². The second-order valence-corrected chi connectivity index (χ2v) is 3.52. The van der Waals surface area contributed by atoms with E-state index >= 15 is 0 Å². The molecule has 1 aliphatic heterocycles. The number of primary amides is 1. The van der Waals surface area contributed by atoms with Crippen LogP contribution in [-0.2, 0) is 14.3 Å². The van der Waals surface area contributed by atoms with E-state index in [0.29, 0.717) is 31.0 Å². The highest BCUT2D eigenvalue weighted by molar-refractivity contribution is 5.74. The molecule has 1 aliphatic carbocycles. The first kappa shape index (κ1) is 8.01. The summed E-state index contributed by atoms with van der Waals surface area (Å²) in [6.07, 6.45) is 0.488. The summed E-state index contributed by atoms with van der Waals surface area (Å²) in [5.41, 5.74) is 5.11. The predicted molar refractivity (Wildman–Crippen MR) is 41.1 cm³/mol. The first-order chi connectivity index (χ1) is 5.79. The molecule has 2 rings (SSSR count). The third-order valence-electron chi connectivity index (χ3n) is 2.73. The summed E-state index contributed by atoms with van der Waals surface area (Å²) in [5, 5.41) is 0. The van der Waals surface area contributed by atoms with Crippen LogP contribution in [0.2, 0.25) is 0 Å². The molecule has 0 radical (unpaired) electrons. The zero-order valence-corrected chi connectivity index (χ0v) is 6.86. The van der Waals surface area contributed by atoms with Gasteiger partial charge in [0.25, 0.3) is 0 Å². The lowest BCUT2D eigenvalue weighted by molar-refractivity contribution is -0.118. The van der Waals surface area contributed by atoms with Crippen molar-refractivity contribution in [3.8, 4) is 0 Å². The summed E-state index contributed by atoms with van der Waals surface area (Å²) in [7, 11) is 0. The van der Waals surface area contributed by atoms with Gasteiger partial charge < -0.3 is 15.2 Å². The van der Waals surface area contributed by atoms with Crippen molar-refractivity contribution in [3.05, 3.63) is 0 Å². The molecule has 2 fully saturated rings. The first-order valence-electron chi connectivity index (χ1n) is 4.23. The Hall–Kier alpha value is -0.610. The molecule has 1 unspecified atom stereocenters. The van der Waals surface area contributed by atoms with Crippen molar-refractivity contribution < 1.29 is 14.3 Å². The van der Waals surface area contributed by atoms with Crippen LogP contribution in [0.1, 0.15) is 6.42 Å². The van der Waals surface area contributed by atoms with Crippen LogP contribution < -0.4 is 5.73 Å². The highest BCUT2D eigenvalue weighted by Gasteiger charge is 2.51. The van der Waals surface area contributed by atoms with Crippen LogP contribution in [0.5, 0.6) is 0 Å². The van der Waals surface area contributed by atoms with Gasteiger partial charge in [-0.05, 0) is 17.8 Å². The van der Waals surface area contributed by atoms with E-state index in [9.17, 15) is 4.79 Å². The van der Waals surface area contributed by atoms with E-state index in [4.69, 9.17) is 15.2 Å². The summed E-state index contributed by atoms with van der Waals surface area (Å²) < 4.78 is 10.4. The lowest BCUT2D eigenvalue weighted by atomic mass is 10.2. The van der Waals surface area contributed by atoms with E-state index in [2.05, 4.69) is 0 Å². The Morgan fingerprint density at radius 3 is 2.42 bits per heavy atom.